The molecule has 0 N–H and O–H groups in total. The molecule has 108 valence electrons. The van der Waals surface area contributed by atoms with Crippen LogP contribution in [0.4, 0.5) is 0 Å². The summed E-state index contributed by atoms with van der Waals surface area (Å²) in [6.07, 6.45) is 1.15. The normalized spacial score (nSPS) is 47.3. The fourth-order valence-corrected chi connectivity index (χ4v) is 3.04. The summed E-state index contributed by atoms with van der Waals surface area (Å²) in [4.78, 5) is 0. The minimum absolute atomic E-state index is 0.0503. The molecule has 5 atom stereocenters. The summed E-state index contributed by atoms with van der Waals surface area (Å²) in [6, 6.07) is 0. The van der Waals surface area contributed by atoms with Gasteiger partial charge in [0, 0.05) is 5.92 Å². The molecular weight excluding hydrogens is 248 g/mol. The lowest BCUT2D eigenvalue weighted by Gasteiger charge is -2.27. The molecule has 19 heavy (non-hydrogen) atoms. The topological polar surface area (TPSA) is 46.2 Å². The van der Waals surface area contributed by atoms with Crippen molar-refractivity contribution in [1.82, 2.24) is 0 Å². The van der Waals surface area contributed by atoms with Gasteiger partial charge in [0.05, 0.1) is 12.7 Å². The average Bonchev–Trinajstić information content (AvgIpc) is 2.87. The molecule has 0 aromatic carbocycles. The molecule has 0 aliphatic carbocycles. The van der Waals surface area contributed by atoms with Crippen LogP contribution in [-0.2, 0) is 23.7 Å². The number of rotatable bonds is 2. The smallest absolute Gasteiger partial charge is 0.188 e. The summed E-state index contributed by atoms with van der Waals surface area (Å²) in [5, 5.41) is 0. The Morgan fingerprint density at radius 1 is 1.00 bits per heavy atom. The zero-order chi connectivity index (χ0) is 13.8. The van der Waals surface area contributed by atoms with Crippen molar-refractivity contribution in [2.45, 2.75) is 63.9 Å². The molecule has 5 nitrogen and oxygen atoms in total. The van der Waals surface area contributed by atoms with E-state index in [1.807, 2.05) is 33.8 Å². The van der Waals surface area contributed by atoms with Crippen molar-refractivity contribution in [3.05, 3.63) is 12.7 Å². The average molecular weight is 270 g/mol. The number of fused-ring (bicyclic) bond motifs is 1. The van der Waals surface area contributed by atoms with Crippen molar-refractivity contribution in [3.8, 4) is 0 Å². The van der Waals surface area contributed by atoms with E-state index in [-0.39, 0.29) is 30.5 Å². The maximum Gasteiger partial charge on any atom is 0.188 e. The Hall–Kier alpha value is -0.460. The lowest BCUT2D eigenvalue weighted by molar-refractivity contribution is -0.224. The highest BCUT2D eigenvalue weighted by atomic mass is 16.8. The first kappa shape index (κ1) is 13.5. The van der Waals surface area contributed by atoms with Crippen molar-refractivity contribution in [3.63, 3.8) is 0 Å². The fourth-order valence-electron chi connectivity index (χ4n) is 3.04. The molecule has 3 aliphatic rings. The maximum absolute atomic E-state index is 5.98. The van der Waals surface area contributed by atoms with Gasteiger partial charge in [0.25, 0.3) is 0 Å². The van der Waals surface area contributed by atoms with Gasteiger partial charge in [-0.15, -0.1) is 6.58 Å². The van der Waals surface area contributed by atoms with Gasteiger partial charge in [0.2, 0.25) is 0 Å². The summed E-state index contributed by atoms with van der Waals surface area (Å²) in [6.45, 7) is 12.0. The van der Waals surface area contributed by atoms with Crippen LogP contribution in [0.3, 0.4) is 0 Å². The SMILES string of the molecule is C=C[C@H]1[C@H]2OC(C)(C)O[C@H]2O[C@@H]1C1COC(C)(C)O1. The highest BCUT2D eigenvalue weighted by Gasteiger charge is 2.57. The minimum atomic E-state index is -0.603. The molecule has 3 saturated heterocycles. The van der Waals surface area contributed by atoms with Gasteiger partial charge in [0.1, 0.15) is 12.2 Å². The van der Waals surface area contributed by atoms with E-state index in [2.05, 4.69) is 6.58 Å². The molecular formula is C14H22O5. The standard InChI is InChI=1S/C14H22O5/c1-6-8-10(9-7-15-13(2,3)17-9)16-12-11(8)18-14(4,5)19-12/h6,8-12H,1,7H2,2-5H3/t8-,9?,10+,11-,12-/m1/s1. The second kappa shape index (κ2) is 4.27. The second-order valence-corrected chi connectivity index (χ2v) is 6.25. The van der Waals surface area contributed by atoms with Crippen LogP contribution in [-0.4, -0.2) is 42.8 Å². The lowest BCUT2D eigenvalue weighted by Crippen LogP contribution is -2.38. The molecule has 0 bridgehead atoms. The van der Waals surface area contributed by atoms with E-state index in [0.717, 1.165) is 0 Å². The highest BCUT2D eigenvalue weighted by molar-refractivity contribution is 5.04. The molecule has 0 amide bonds. The summed E-state index contributed by atoms with van der Waals surface area (Å²) in [7, 11) is 0. The summed E-state index contributed by atoms with van der Waals surface area (Å²) in [5.41, 5.74) is 0. The van der Waals surface area contributed by atoms with Gasteiger partial charge in [-0.1, -0.05) is 6.08 Å². The van der Waals surface area contributed by atoms with E-state index in [4.69, 9.17) is 23.7 Å². The molecule has 3 fully saturated rings. The van der Waals surface area contributed by atoms with Gasteiger partial charge in [-0.2, -0.15) is 0 Å². The number of hydrogen-bond donors (Lipinski definition) is 0. The molecule has 5 heteroatoms. The van der Waals surface area contributed by atoms with Crippen molar-refractivity contribution < 1.29 is 23.7 Å². The Morgan fingerprint density at radius 2 is 1.74 bits per heavy atom. The highest BCUT2D eigenvalue weighted by Crippen LogP contribution is 2.44. The zero-order valence-electron chi connectivity index (χ0n) is 11.9. The zero-order valence-corrected chi connectivity index (χ0v) is 11.9. The Kier molecular flexibility index (Phi) is 3.04. The fraction of sp³-hybridized carbons (Fsp3) is 0.857. The monoisotopic (exact) mass is 270 g/mol. The van der Waals surface area contributed by atoms with E-state index in [1.165, 1.54) is 0 Å². The first-order chi connectivity index (χ1) is 8.81. The molecule has 0 aromatic rings. The van der Waals surface area contributed by atoms with Crippen LogP contribution in [0.15, 0.2) is 12.7 Å². The molecule has 1 unspecified atom stereocenters. The van der Waals surface area contributed by atoms with E-state index in [1.54, 1.807) is 0 Å². The molecule has 0 aromatic heterocycles. The Morgan fingerprint density at radius 3 is 2.32 bits per heavy atom. The van der Waals surface area contributed by atoms with Crippen molar-refractivity contribution in [1.29, 1.82) is 0 Å². The summed E-state index contributed by atoms with van der Waals surface area (Å²) >= 11 is 0. The van der Waals surface area contributed by atoms with Gasteiger partial charge in [0.15, 0.2) is 17.9 Å². The summed E-state index contributed by atoms with van der Waals surface area (Å²) in [5.74, 6) is -1.11. The first-order valence-corrected chi connectivity index (χ1v) is 6.77. The molecule has 0 radical (unpaired) electrons. The third kappa shape index (κ3) is 2.34. The van der Waals surface area contributed by atoms with Crippen LogP contribution in [0.1, 0.15) is 27.7 Å². The van der Waals surface area contributed by atoms with Crippen LogP contribution >= 0.6 is 0 Å². The van der Waals surface area contributed by atoms with Crippen LogP contribution in [0.25, 0.3) is 0 Å². The number of ether oxygens (including phenoxy) is 5. The van der Waals surface area contributed by atoms with Gasteiger partial charge in [-0.25, -0.2) is 0 Å². The lowest BCUT2D eigenvalue weighted by atomic mass is 9.95. The Bertz CT molecular complexity index is 378. The Labute approximate surface area is 113 Å². The van der Waals surface area contributed by atoms with Gasteiger partial charge >= 0.3 is 0 Å². The largest absolute Gasteiger partial charge is 0.348 e. The van der Waals surface area contributed by atoms with Crippen LogP contribution in [0, 0.1) is 5.92 Å². The minimum Gasteiger partial charge on any atom is -0.348 e. The summed E-state index contributed by atoms with van der Waals surface area (Å²) < 4.78 is 29.1. The molecule has 3 rings (SSSR count). The first-order valence-electron chi connectivity index (χ1n) is 6.77. The maximum atomic E-state index is 5.98. The van der Waals surface area contributed by atoms with Gasteiger partial charge in [-0.05, 0) is 27.7 Å². The van der Waals surface area contributed by atoms with Crippen molar-refractivity contribution in [2.24, 2.45) is 5.92 Å². The van der Waals surface area contributed by atoms with E-state index in [0.29, 0.717) is 6.61 Å². The van der Waals surface area contributed by atoms with Gasteiger partial charge in [-0.3, -0.25) is 0 Å². The van der Waals surface area contributed by atoms with E-state index in [9.17, 15) is 0 Å². The third-order valence-corrected chi connectivity index (χ3v) is 3.81. The van der Waals surface area contributed by atoms with Gasteiger partial charge < -0.3 is 23.7 Å². The predicted molar refractivity (Wildman–Crippen MR) is 67.3 cm³/mol. The van der Waals surface area contributed by atoms with Crippen molar-refractivity contribution in [2.75, 3.05) is 6.61 Å². The second-order valence-electron chi connectivity index (χ2n) is 6.25. The van der Waals surface area contributed by atoms with Crippen LogP contribution in [0.2, 0.25) is 0 Å². The molecule has 3 heterocycles. The van der Waals surface area contributed by atoms with Crippen LogP contribution < -0.4 is 0 Å². The Balaban J connectivity index is 1.74. The molecule has 3 aliphatic heterocycles. The quantitative estimate of drug-likeness (QED) is 0.716. The van der Waals surface area contributed by atoms with Crippen LogP contribution in [0.5, 0.6) is 0 Å². The number of hydrogen-bond acceptors (Lipinski definition) is 5. The predicted octanol–water partition coefficient (Wildman–Crippen LogP) is 1.82. The molecule has 0 saturated carbocycles. The van der Waals surface area contributed by atoms with E-state index < -0.39 is 11.6 Å². The van der Waals surface area contributed by atoms with Crippen molar-refractivity contribution >= 4 is 0 Å². The third-order valence-electron chi connectivity index (χ3n) is 3.81. The molecule has 0 spiro atoms. The van der Waals surface area contributed by atoms with E-state index >= 15 is 0 Å².